The third-order valence-corrected chi connectivity index (χ3v) is 2.66. The van der Waals surface area contributed by atoms with E-state index in [1.807, 2.05) is 0 Å². The van der Waals surface area contributed by atoms with E-state index in [1.54, 1.807) is 0 Å². The number of aliphatic hydroxyl groups excluding tert-OH is 1. The van der Waals surface area contributed by atoms with Crippen LogP contribution in [0.4, 0.5) is 0 Å². The van der Waals surface area contributed by atoms with Gasteiger partial charge in [-0.2, -0.15) is 0 Å². The Kier molecular flexibility index (Phi) is 4.90. The summed E-state index contributed by atoms with van der Waals surface area (Å²) >= 11 is 0. The van der Waals surface area contributed by atoms with E-state index in [2.05, 4.69) is 5.32 Å². The molecule has 14 heavy (non-hydrogen) atoms. The van der Waals surface area contributed by atoms with Crippen LogP contribution in [-0.2, 0) is 4.79 Å². The van der Waals surface area contributed by atoms with Gasteiger partial charge in [-0.3, -0.25) is 4.79 Å². The quantitative estimate of drug-likeness (QED) is 0.604. The maximum Gasteiger partial charge on any atom is 0.222 e. The summed E-state index contributed by atoms with van der Waals surface area (Å²) in [6.45, 7) is 0.151. The van der Waals surface area contributed by atoms with E-state index < -0.39 is 6.10 Å². The third-order valence-electron chi connectivity index (χ3n) is 2.66. The number of nitrogens with two attached hydrogens (primary N) is 1. The highest BCUT2D eigenvalue weighted by molar-refractivity contribution is 5.76. The summed E-state index contributed by atoms with van der Waals surface area (Å²) in [5.41, 5.74) is 5.22. The van der Waals surface area contributed by atoms with E-state index in [-0.39, 0.29) is 18.9 Å². The first-order valence-electron chi connectivity index (χ1n) is 5.40. The molecule has 1 atom stereocenters. The number of hydrogen-bond acceptors (Lipinski definition) is 3. The Morgan fingerprint density at radius 2 is 2.07 bits per heavy atom. The van der Waals surface area contributed by atoms with Crippen molar-refractivity contribution in [1.29, 1.82) is 0 Å². The molecule has 0 saturated heterocycles. The van der Waals surface area contributed by atoms with Gasteiger partial charge in [0.25, 0.3) is 0 Å². The molecule has 82 valence electrons. The molecule has 1 fully saturated rings. The van der Waals surface area contributed by atoms with E-state index in [4.69, 9.17) is 5.73 Å². The lowest BCUT2D eigenvalue weighted by Gasteiger charge is -2.23. The van der Waals surface area contributed by atoms with Gasteiger partial charge in [0.1, 0.15) is 0 Å². The molecule has 0 aromatic heterocycles. The Bertz CT molecular complexity index is 179. The van der Waals surface area contributed by atoms with E-state index in [1.165, 1.54) is 19.3 Å². The summed E-state index contributed by atoms with van der Waals surface area (Å²) < 4.78 is 0. The minimum atomic E-state index is -0.696. The monoisotopic (exact) mass is 200 g/mol. The van der Waals surface area contributed by atoms with Crippen molar-refractivity contribution in [1.82, 2.24) is 5.32 Å². The minimum absolute atomic E-state index is 0.0742. The molecule has 0 aliphatic heterocycles. The lowest BCUT2D eigenvalue weighted by molar-refractivity contribution is -0.123. The average molecular weight is 200 g/mol. The van der Waals surface area contributed by atoms with Crippen molar-refractivity contribution in [3.8, 4) is 0 Å². The Hall–Kier alpha value is -0.610. The van der Waals surface area contributed by atoms with Gasteiger partial charge < -0.3 is 16.2 Å². The summed E-state index contributed by atoms with van der Waals surface area (Å²) in [5, 5.41) is 12.1. The molecule has 0 spiro atoms. The maximum atomic E-state index is 11.4. The van der Waals surface area contributed by atoms with Crippen molar-refractivity contribution in [2.24, 2.45) is 5.73 Å². The lowest BCUT2D eigenvalue weighted by Crippen LogP contribution is -2.38. The molecule has 0 heterocycles. The van der Waals surface area contributed by atoms with Crippen molar-refractivity contribution in [2.45, 2.75) is 50.7 Å². The number of nitrogens with one attached hydrogen (secondary N) is 1. The second-order valence-electron chi connectivity index (χ2n) is 4.00. The van der Waals surface area contributed by atoms with Crippen LogP contribution < -0.4 is 11.1 Å². The largest absolute Gasteiger partial charge is 0.391 e. The van der Waals surface area contributed by atoms with Crippen LogP contribution in [-0.4, -0.2) is 29.7 Å². The molecule has 4 N–H and O–H groups in total. The zero-order valence-electron chi connectivity index (χ0n) is 8.54. The normalized spacial score (nSPS) is 20.4. The second kappa shape index (κ2) is 5.98. The van der Waals surface area contributed by atoms with E-state index in [9.17, 15) is 9.90 Å². The topological polar surface area (TPSA) is 75.3 Å². The smallest absolute Gasteiger partial charge is 0.222 e. The van der Waals surface area contributed by atoms with Crippen molar-refractivity contribution in [3.05, 3.63) is 0 Å². The Labute approximate surface area is 84.9 Å². The van der Waals surface area contributed by atoms with E-state index in [0.29, 0.717) is 6.04 Å². The Morgan fingerprint density at radius 1 is 1.43 bits per heavy atom. The van der Waals surface area contributed by atoms with Crippen molar-refractivity contribution < 1.29 is 9.90 Å². The number of hydrogen-bond donors (Lipinski definition) is 3. The second-order valence-corrected chi connectivity index (χ2v) is 4.00. The highest BCUT2D eigenvalue weighted by Gasteiger charge is 2.16. The van der Waals surface area contributed by atoms with Crippen LogP contribution >= 0.6 is 0 Å². The Morgan fingerprint density at radius 3 is 2.64 bits per heavy atom. The summed E-state index contributed by atoms with van der Waals surface area (Å²) in [6, 6.07) is 0.321. The molecule has 1 amide bonds. The fourth-order valence-electron chi connectivity index (χ4n) is 1.83. The molecule has 1 aliphatic carbocycles. The molecule has 1 aliphatic rings. The summed E-state index contributed by atoms with van der Waals surface area (Å²) in [4.78, 5) is 11.4. The first kappa shape index (κ1) is 11.5. The van der Waals surface area contributed by atoms with Crippen LogP contribution in [0.3, 0.4) is 0 Å². The van der Waals surface area contributed by atoms with Crippen LogP contribution in [0, 0.1) is 0 Å². The number of amides is 1. The number of carbonyl (C=O) groups excluding carboxylic acids is 1. The highest BCUT2D eigenvalue weighted by atomic mass is 16.3. The summed E-state index contributed by atoms with van der Waals surface area (Å²) in [5.74, 6) is -0.0742. The summed E-state index contributed by atoms with van der Waals surface area (Å²) in [7, 11) is 0. The van der Waals surface area contributed by atoms with Crippen molar-refractivity contribution in [2.75, 3.05) is 6.54 Å². The molecule has 0 aromatic rings. The highest BCUT2D eigenvalue weighted by Crippen LogP contribution is 2.17. The van der Waals surface area contributed by atoms with Crippen LogP contribution in [0.1, 0.15) is 38.5 Å². The standard InChI is InChI=1S/C10H20N2O2/c11-7-9(13)6-10(14)12-8-4-2-1-3-5-8/h8-9,13H,1-7,11H2,(H,12,14)/t9-/m1/s1. The van der Waals surface area contributed by atoms with Gasteiger partial charge in [-0.25, -0.2) is 0 Å². The predicted octanol–water partition coefficient (Wildman–Crippen LogP) is 0.145. The van der Waals surface area contributed by atoms with Crippen molar-refractivity contribution >= 4 is 5.91 Å². The Balaban J connectivity index is 2.18. The number of rotatable bonds is 4. The predicted molar refractivity (Wildman–Crippen MR) is 54.7 cm³/mol. The number of carbonyl (C=O) groups is 1. The van der Waals surface area contributed by atoms with Crippen molar-refractivity contribution in [3.63, 3.8) is 0 Å². The fraction of sp³-hybridized carbons (Fsp3) is 0.900. The molecule has 0 unspecified atom stereocenters. The summed E-state index contributed by atoms with van der Waals surface area (Å²) in [6.07, 6.45) is 5.26. The van der Waals surface area contributed by atoms with E-state index in [0.717, 1.165) is 12.8 Å². The number of aliphatic hydroxyl groups is 1. The van der Waals surface area contributed by atoms with Gasteiger partial charge in [0.05, 0.1) is 12.5 Å². The van der Waals surface area contributed by atoms with Crippen LogP contribution in [0.2, 0.25) is 0 Å². The molecule has 4 nitrogen and oxygen atoms in total. The van der Waals surface area contributed by atoms with Crippen LogP contribution in [0.5, 0.6) is 0 Å². The minimum Gasteiger partial charge on any atom is -0.391 e. The van der Waals surface area contributed by atoms with Crippen LogP contribution in [0.25, 0.3) is 0 Å². The molecule has 0 radical (unpaired) electrons. The molecule has 0 aromatic carbocycles. The first-order valence-corrected chi connectivity index (χ1v) is 5.40. The molecular formula is C10H20N2O2. The zero-order chi connectivity index (χ0) is 10.4. The SMILES string of the molecule is NC[C@H](O)CC(=O)NC1CCCCC1. The molecule has 1 saturated carbocycles. The average Bonchev–Trinajstić information content (AvgIpc) is 2.19. The molecule has 1 rings (SSSR count). The third kappa shape index (κ3) is 4.07. The van der Waals surface area contributed by atoms with Crippen LogP contribution in [0.15, 0.2) is 0 Å². The molecular weight excluding hydrogens is 180 g/mol. The fourth-order valence-corrected chi connectivity index (χ4v) is 1.83. The van der Waals surface area contributed by atoms with Gasteiger partial charge in [-0.1, -0.05) is 19.3 Å². The van der Waals surface area contributed by atoms with E-state index >= 15 is 0 Å². The lowest BCUT2D eigenvalue weighted by atomic mass is 9.95. The van der Waals surface area contributed by atoms with Gasteiger partial charge in [0.15, 0.2) is 0 Å². The van der Waals surface area contributed by atoms with Gasteiger partial charge >= 0.3 is 0 Å². The van der Waals surface area contributed by atoms with Gasteiger partial charge in [-0.05, 0) is 12.8 Å². The van der Waals surface area contributed by atoms with Gasteiger partial charge in [0, 0.05) is 12.6 Å². The first-order chi connectivity index (χ1) is 6.72. The molecule has 0 bridgehead atoms. The van der Waals surface area contributed by atoms with Gasteiger partial charge in [-0.15, -0.1) is 0 Å². The zero-order valence-corrected chi connectivity index (χ0v) is 8.54. The molecule has 4 heteroatoms. The maximum absolute atomic E-state index is 11.4. The van der Waals surface area contributed by atoms with Gasteiger partial charge in [0.2, 0.25) is 5.91 Å².